The summed E-state index contributed by atoms with van der Waals surface area (Å²) in [6.45, 7) is 0. The average Bonchev–Trinajstić information content (AvgIpc) is 1.82. The van der Waals surface area contributed by atoms with Crippen LogP contribution in [0, 0.1) is 0 Å². The number of aliphatic carboxylic acids is 2. The zero-order chi connectivity index (χ0) is 10.1. The molecule has 15 heavy (non-hydrogen) atoms. The van der Waals surface area contributed by atoms with Crippen molar-refractivity contribution < 1.29 is 123 Å². The molecular formula is C5H5Na3O7. The van der Waals surface area contributed by atoms with Crippen molar-refractivity contribution in [3.05, 3.63) is 0 Å². The van der Waals surface area contributed by atoms with Crippen molar-refractivity contribution in [1.82, 2.24) is 0 Å². The van der Waals surface area contributed by atoms with E-state index >= 15 is 0 Å². The first-order valence-electron chi connectivity index (χ1n) is 2.66. The molecule has 10 heteroatoms. The van der Waals surface area contributed by atoms with Crippen LogP contribution in [0.1, 0.15) is 12.8 Å². The SMILES string of the molecule is O=C([O-])CCC(=O)O.O=C([O-])[O-].[Na+].[Na+].[Na+]. The molecule has 0 heterocycles. The number of carboxylic acid groups (broad SMARTS) is 4. The summed E-state index contributed by atoms with van der Waals surface area (Å²) in [5.74, 6) is -2.44. The van der Waals surface area contributed by atoms with E-state index in [1.807, 2.05) is 0 Å². The second-order valence-corrected chi connectivity index (χ2v) is 1.52. The fraction of sp³-hybridized carbons (Fsp3) is 0.400. The van der Waals surface area contributed by atoms with Crippen molar-refractivity contribution in [3.8, 4) is 0 Å². The third-order valence-corrected chi connectivity index (χ3v) is 0.543. The molecule has 0 radical (unpaired) electrons. The number of carboxylic acids is 2. The van der Waals surface area contributed by atoms with E-state index in [1.165, 1.54) is 0 Å². The van der Waals surface area contributed by atoms with Crippen LogP contribution >= 0.6 is 0 Å². The van der Waals surface area contributed by atoms with Gasteiger partial charge in [0, 0.05) is 5.97 Å². The first-order chi connectivity index (χ1) is 5.36. The molecule has 0 aromatic carbocycles. The van der Waals surface area contributed by atoms with Crippen LogP contribution in [0.15, 0.2) is 0 Å². The van der Waals surface area contributed by atoms with Gasteiger partial charge in [-0.3, -0.25) is 4.79 Å². The second kappa shape index (κ2) is 20.6. The number of hydrogen-bond donors (Lipinski definition) is 1. The summed E-state index contributed by atoms with van der Waals surface area (Å²) in [7, 11) is 0. The summed E-state index contributed by atoms with van der Waals surface area (Å²) in [5.41, 5.74) is 0. The summed E-state index contributed by atoms with van der Waals surface area (Å²) in [6, 6.07) is 0. The molecule has 0 aromatic heterocycles. The molecule has 0 amide bonds. The van der Waals surface area contributed by atoms with E-state index in [1.54, 1.807) is 0 Å². The third-order valence-electron chi connectivity index (χ3n) is 0.543. The van der Waals surface area contributed by atoms with E-state index in [0.29, 0.717) is 0 Å². The Morgan fingerprint density at radius 2 is 1.13 bits per heavy atom. The van der Waals surface area contributed by atoms with Gasteiger partial charge in [0.2, 0.25) is 0 Å². The summed E-state index contributed by atoms with van der Waals surface area (Å²) in [6.07, 6.45) is -3.10. The molecule has 0 aliphatic heterocycles. The molecule has 1 N–H and O–H groups in total. The maximum absolute atomic E-state index is 9.61. The van der Waals surface area contributed by atoms with Gasteiger partial charge in [-0.25, -0.2) is 0 Å². The molecule has 70 valence electrons. The zero-order valence-corrected chi connectivity index (χ0v) is 14.8. The molecule has 0 saturated heterocycles. The Hall–Kier alpha value is 1.21. The number of carbonyl (C=O) groups is 3. The summed E-state index contributed by atoms with van der Waals surface area (Å²) in [5, 5.41) is 34.1. The Balaban J connectivity index is -0.0000000424. The smallest absolute Gasteiger partial charge is 0.652 e. The van der Waals surface area contributed by atoms with E-state index in [0.717, 1.165) is 0 Å². The van der Waals surface area contributed by atoms with Gasteiger partial charge in [-0.2, -0.15) is 0 Å². The van der Waals surface area contributed by atoms with E-state index in [4.69, 9.17) is 20.1 Å². The van der Waals surface area contributed by atoms with Crippen LogP contribution < -0.4 is 104 Å². The Bertz CT molecular complexity index is 165. The fourth-order valence-corrected chi connectivity index (χ4v) is 0.209. The van der Waals surface area contributed by atoms with Crippen molar-refractivity contribution in [2.75, 3.05) is 0 Å². The van der Waals surface area contributed by atoms with Gasteiger partial charge in [-0.1, -0.05) is 0 Å². The largest absolute Gasteiger partial charge is 1.00 e. The van der Waals surface area contributed by atoms with Gasteiger partial charge in [-0.15, -0.1) is 0 Å². The topological polar surface area (TPSA) is 141 Å². The number of rotatable bonds is 3. The van der Waals surface area contributed by atoms with Gasteiger partial charge < -0.3 is 30.0 Å². The molecule has 0 aliphatic rings. The van der Waals surface area contributed by atoms with Crippen molar-refractivity contribution >= 4 is 18.1 Å². The predicted molar refractivity (Wildman–Crippen MR) is 27.3 cm³/mol. The summed E-state index contributed by atoms with van der Waals surface area (Å²) in [4.78, 5) is 27.5. The molecule has 0 fully saturated rings. The second-order valence-electron chi connectivity index (χ2n) is 1.52. The fourth-order valence-electron chi connectivity index (χ4n) is 0.209. The van der Waals surface area contributed by atoms with Crippen molar-refractivity contribution in [2.24, 2.45) is 0 Å². The molecule has 0 rings (SSSR count). The van der Waals surface area contributed by atoms with E-state index in [-0.39, 0.29) is 95.1 Å². The van der Waals surface area contributed by atoms with Crippen LogP contribution in [0.5, 0.6) is 0 Å². The van der Waals surface area contributed by atoms with Crippen LogP contribution in [-0.4, -0.2) is 23.2 Å². The molecule has 7 nitrogen and oxygen atoms in total. The maximum atomic E-state index is 9.61. The third kappa shape index (κ3) is 68.8. The first kappa shape index (κ1) is 29.8. The van der Waals surface area contributed by atoms with Gasteiger partial charge in [0.15, 0.2) is 0 Å². The van der Waals surface area contributed by atoms with Crippen molar-refractivity contribution in [1.29, 1.82) is 0 Å². The zero-order valence-electron chi connectivity index (χ0n) is 8.81. The molecule has 0 aromatic rings. The molecule has 0 aliphatic carbocycles. The monoisotopic (exact) mass is 246 g/mol. The molecule has 0 saturated carbocycles. The average molecular weight is 246 g/mol. The number of hydrogen-bond acceptors (Lipinski definition) is 6. The Morgan fingerprint density at radius 3 is 1.20 bits per heavy atom. The van der Waals surface area contributed by atoms with Crippen LogP contribution in [0.25, 0.3) is 0 Å². The van der Waals surface area contributed by atoms with E-state index < -0.39 is 24.5 Å². The molecule has 0 spiro atoms. The van der Waals surface area contributed by atoms with Crippen LogP contribution in [-0.2, 0) is 9.59 Å². The van der Waals surface area contributed by atoms with E-state index in [9.17, 15) is 14.7 Å². The predicted octanol–water partition coefficient (Wildman–Crippen LogP) is -12.8. The van der Waals surface area contributed by atoms with Gasteiger partial charge in [-0.05, 0) is 12.6 Å². The van der Waals surface area contributed by atoms with Crippen LogP contribution in [0.2, 0.25) is 0 Å². The quantitative estimate of drug-likeness (QED) is 0.487. The van der Waals surface area contributed by atoms with Gasteiger partial charge in [0.1, 0.15) is 0 Å². The Morgan fingerprint density at radius 1 is 0.867 bits per heavy atom. The number of carbonyl (C=O) groups excluding carboxylic acids is 2. The van der Waals surface area contributed by atoms with Crippen molar-refractivity contribution in [2.45, 2.75) is 12.8 Å². The summed E-state index contributed by atoms with van der Waals surface area (Å²) < 4.78 is 0. The minimum Gasteiger partial charge on any atom is -0.652 e. The first-order valence-corrected chi connectivity index (χ1v) is 2.66. The van der Waals surface area contributed by atoms with Gasteiger partial charge in [0.05, 0.1) is 6.42 Å². The minimum absolute atomic E-state index is 0. The van der Waals surface area contributed by atoms with Crippen molar-refractivity contribution in [3.63, 3.8) is 0 Å². The molecular weight excluding hydrogens is 241 g/mol. The van der Waals surface area contributed by atoms with Crippen LogP contribution in [0.3, 0.4) is 0 Å². The normalized spacial score (nSPS) is 6.13. The molecule has 0 bridgehead atoms. The molecule has 0 atom stereocenters. The Labute approximate surface area is 152 Å². The maximum Gasteiger partial charge on any atom is 1.00 e. The Kier molecular flexibility index (Phi) is 41.0. The standard InChI is InChI=1S/C4H6O4.CH2O3.3Na/c5-3(6)1-2-4(7)8;2-1(3)4;;;/h1-2H2,(H,5,6)(H,7,8);(H2,2,3,4);;;/q;;3*+1/p-3. The van der Waals surface area contributed by atoms with Gasteiger partial charge >= 0.3 is 94.6 Å². The summed E-state index contributed by atoms with van der Waals surface area (Å²) >= 11 is 0. The molecule has 0 unspecified atom stereocenters. The van der Waals surface area contributed by atoms with Crippen LogP contribution in [0.4, 0.5) is 4.79 Å². The van der Waals surface area contributed by atoms with Gasteiger partial charge in [0.25, 0.3) is 0 Å². The minimum atomic E-state index is -2.33. The van der Waals surface area contributed by atoms with E-state index in [2.05, 4.69) is 0 Å².